The molecular weight excluding hydrogens is 420 g/mol. The third kappa shape index (κ3) is 5.72. The van der Waals surface area contributed by atoms with Gasteiger partial charge in [-0.25, -0.2) is 9.59 Å². The van der Waals surface area contributed by atoms with Gasteiger partial charge in [-0.3, -0.25) is 4.79 Å². The standard InChI is InChI=1S/C26H32N2O5/c1-16(2)13-22(23(29)30)28-24(31)26(3,4)15-27-25(32)33-14-21-19-11-7-5-9-17(19)18-10-6-8-12-20(18)21/h5-12,16,21-22H,13-15H2,1-4H3,(H,27,32)(H,28,31)(H,29,30). The van der Waals surface area contributed by atoms with Crippen LogP contribution in [0.4, 0.5) is 4.79 Å². The summed E-state index contributed by atoms with van der Waals surface area (Å²) >= 11 is 0. The summed E-state index contributed by atoms with van der Waals surface area (Å²) in [4.78, 5) is 36.5. The van der Waals surface area contributed by atoms with Gasteiger partial charge in [0.1, 0.15) is 12.6 Å². The smallest absolute Gasteiger partial charge is 0.407 e. The topological polar surface area (TPSA) is 105 Å². The molecule has 0 spiro atoms. The number of aliphatic carboxylic acids is 1. The first-order chi connectivity index (χ1) is 15.6. The van der Waals surface area contributed by atoms with Crippen LogP contribution in [-0.2, 0) is 14.3 Å². The van der Waals surface area contributed by atoms with Crippen molar-refractivity contribution in [3.63, 3.8) is 0 Å². The van der Waals surface area contributed by atoms with Crippen LogP contribution in [0.3, 0.4) is 0 Å². The van der Waals surface area contributed by atoms with Gasteiger partial charge in [-0.1, -0.05) is 62.4 Å². The maximum Gasteiger partial charge on any atom is 0.407 e. The van der Waals surface area contributed by atoms with E-state index in [1.807, 2.05) is 50.2 Å². The van der Waals surface area contributed by atoms with Crippen molar-refractivity contribution in [2.45, 2.75) is 46.1 Å². The average Bonchev–Trinajstić information content (AvgIpc) is 3.09. The van der Waals surface area contributed by atoms with Crippen molar-refractivity contribution < 1.29 is 24.2 Å². The highest BCUT2D eigenvalue weighted by molar-refractivity contribution is 5.87. The minimum atomic E-state index is -1.07. The number of benzene rings is 2. The molecule has 3 N–H and O–H groups in total. The largest absolute Gasteiger partial charge is 0.480 e. The van der Waals surface area contributed by atoms with E-state index in [9.17, 15) is 19.5 Å². The highest BCUT2D eigenvalue weighted by Gasteiger charge is 2.33. The van der Waals surface area contributed by atoms with E-state index in [1.165, 1.54) is 0 Å². The Kier molecular flexibility index (Phi) is 7.41. The molecule has 176 valence electrons. The van der Waals surface area contributed by atoms with E-state index in [4.69, 9.17) is 4.74 Å². The molecule has 33 heavy (non-hydrogen) atoms. The van der Waals surface area contributed by atoms with Crippen molar-refractivity contribution in [2.24, 2.45) is 11.3 Å². The number of nitrogens with one attached hydrogen (secondary N) is 2. The predicted molar refractivity (Wildman–Crippen MR) is 126 cm³/mol. The molecule has 0 fully saturated rings. The van der Waals surface area contributed by atoms with Gasteiger partial charge in [-0.15, -0.1) is 0 Å². The van der Waals surface area contributed by atoms with Crippen LogP contribution in [0.2, 0.25) is 0 Å². The minimum absolute atomic E-state index is 0.0174. The van der Waals surface area contributed by atoms with E-state index < -0.39 is 29.4 Å². The first kappa shape index (κ1) is 24.3. The van der Waals surface area contributed by atoms with Crippen LogP contribution in [0.1, 0.15) is 51.2 Å². The fourth-order valence-corrected chi connectivity index (χ4v) is 4.07. The molecule has 0 aromatic heterocycles. The number of carbonyl (C=O) groups is 3. The van der Waals surface area contributed by atoms with Crippen LogP contribution in [0.25, 0.3) is 11.1 Å². The second-order valence-corrected chi connectivity index (χ2v) is 9.56. The number of amides is 2. The van der Waals surface area contributed by atoms with Crippen molar-refractivity contribution in [3.05, 3.63) is 59.7 Å². The number of ether oxygens (including phenoxy) is 1. The SMILES string of the molecule is CC(C)CC(NC(=O)C(C)(C)CNC(=O)OCC1c2ccccc2-c2ccccc21)C(=O)O. The molecule has 3 rings (SSSR count). The van der Waals surface area contributed by atoms with Crippen LogP contribution in [0.15, 0.2) is 48.5 Å². The normalized spacial score (nSPS) is 13.7. The summed E-state index contributed by atoms with van der Waals surface area (Å²) in [7, 11) is 0. The summed E-state index contributed by atoms with van der Waals surface area (Å²) in [5.74, 6) is -1.44. The van der Waals surface area contributed by atoms with E-state index in [1.54, 1.807) is 13.8 Å². The molecule has 7 nitrogen and oxygen atoms in total. The third-order valence-electron chi connectivity index (χ3n) is 5.94. The maximum atomic E-state index is 12.6. The Bertz CT molecular complexity index is 985. The monoisotopic (exact) mass is 452 g/mol. The van der Waals surface area contributed by atoms with Gasteiger partial charge in [0.2, 0.25) is 5.91 Å². The van der Waals surface area contributed by atoms with E-state index in [-0.39, 0.29) is 25.0 Å². The van der Waals surface area contributed by atoms with Gasteiger partial charge in [-0.2, -0.15) is 0 Å². The van der Waals surface area contributed by atoms with Gasteiger partial charge in [0, 0.05) is 12.5 Å². The Balaban J connectivity index is 1.56. The molecule has 0 bridgehead atoms. The summed E-state index contributed by atoms with van der Waals surface area (Å²) in [5.41, 5.74) is 3.53. The molecule has 2 amide bonds. The molecule has 2 aromatic rings. The fourth-order valence-electron chi connectivity index (χ4n) is 4.07. The molecule has 0 saturated carbocycles. The predicted octanol–water partition coefficient (Wildman–Crippen LogP) is 4.17. The zero-order valence-corrected chi connectivity index (χ0v) is 19.6. The zero-order valence-electron chi connectivity index (χ0n) is 19.6. The van der Waals surface area contributed by atoms with Crippen molar-refractivity contribution >= 4 is 18.0 Å². The van der Waals surface area contributed by atoms with Crippen LogP contribution in [-0.4, -0.2) is 42.3 Å². The summed E-state index contributed by atoms with van der Waals surface area (Å²) in [6, 6.07) is 15.2. The lowest BCUT2D eigenvalue weighted by Gasteiger charge is -2.26. The highest BCUT2D eigenvalue weighted by Crippen LogP contribution is 2.44. The van der Waals surface area contributed by atoms with Crippen molar-refractivity contribution in [2.75, 3.05) is 13.2 Å². The summed E-state index contributed by atoms with van der Waals surface area (Å²) in [6.45, 7) is 7.30. The van der Waals surface area contributed by atoms with Gasteiger partial charge in [0.25, 0.3) is 0 Å². The Morgan fingerprint density at radius 3 is 2.06 bits per heavy atom. The molecule has 0 heterocycles. The quantitative estimate of drug-likeness (QED) is 0.530. The lowest BCUT2D eigenvalue weighted by Crippen LogP contribution is -2.50. The van der Waals surface area contributed by atoms with Gasteiger partial charge >= 0.3 is 12.1 Å². The molecule has 1 aliphatic rings. The number of carboxylic acid groups (broad SMARTS) is 1. The Morgan fingerprint density at radius 2 is 1.55 bits per heavy atom. The van der Waals surface area contributed by atoms with Gasteiger partial charge in [0.05, 0.1) is 5.41 Å². The lowest BCUT2D eigenvalue weighted by molar-refractivity contribution is -0.143. The molecule has 1 atom stereocenters. The molecule has 0 saturated heterocycles. The minimum Gasteiger partial charge on any atom is -0.480 e. The molecule has 0 radical (unpaired) electrons. The number of alkyl carbamates (subject to hydrolysis) is 1. The van der Waals surface area contributed by atoms with E-state index in [2.05, 4.69) is 22.8 Å². The van der Waals surface area contributed by atoms with E-state index in [0.717, 1.165) is 22.3 Å². The second-order valence-electron chi connectivity index (χ2n) is 9.56. The van der Waals surface area contributed by atoms with Crippen molar-refractivity contribution in [1.29, 1.82) is 0 Å². The second kappa shape index (κ2) is 10.1. The maximum absolute atomic E-state index is 12.6. The average molecular weight is 453 g/mol. The summed E-state index contributed by atoms with van der Waals surface area (Å²) < 4.78 is 5.51. The number of hydrogen-bond acceptors (Lipinski definition) is 4. The molecule has 0 aliphatic heterocycles. The highest BCUT2D eigenvalue weighted by atomic mass is 16.5. The fraction of sp³-hybridized carbons (Fsp3) is 0.423. The molecule has 1 aliphatic carbocycles. The van der Waals surface area contributed by atoms with Crippen LogP contribution in [0, 0.1) is 11.3 Å². The third-order valence-corrected chi connectivity index (χ3v) is 5.94. The Hall–Kier alpha value is -3.35. The first-order valence-corrected chi connectivity index (χ1v) is 11.2. The van der Waals surface area contributed by atoms with E-state index >= 15 is 0 Å². The van der Waals surface area contributed by atoms with Crippen molar-refractivity contribution in [1.82, 2.24) is 10.6 Å². The molecule has 1 unspecified atom stereocenters. The van der Waals surface area contributed by atoms with Crippen LogP contribution in [0.5, 0.6) is 0 Å². The number of carboxylic acids is 1. The molecule has 2 aromatic carbocycles. The number of rotatable bonds is 9. The van der Waals surface area contributed by atoms with Crippen LogP contribution >= 0.6 is 0 Å². The van der Waals surface area contributed by atoms with Gasteiger partial charge < -0.3 is 20.5 Å². The number of hydrogen-bond donors (Lipinski definition) is 3. The van der Waals surface area contributed by atoms with Crippen molar-refractivity contribution in [3.8, 4) is 11.1 Å². The molecule has 7 heteroatoms. The number of carbonyl (C=O) groups excluding carboxylic acids is 2. The molecular formula is C26H32N2O5. The zero-order chi connectivity index (χ0) is 24.2. The van der Waals surface area contributed by atoms with Gasteiger partial charge in [0.15, 0.2) is 0 Å². The van der Waals surface area contributed by atoms with Crippen LogP contribution < -0.4 is 10.6 Å². The number of fused-ring (bicyclic) bond motifs is 3. The summed E-state index contributed by atoms with van der Waals surface area (Å²) in [6.07, 6.45) is -0.286. The van der Waals surface area contributed by atoms with E-state index in [0.29, 0.717) is 6.42 Å². The Morgan fingerprint density at radius 1 is 1.00 bits per heavy atom. The first-order valence-electron chi connectivity index (χ1n) is 11.2. The summed E-state index contributed by atoms with van der Waals surface area (Å²) in [5, 5.41) is 14.6. The van der Waals surface area contributed by atoms with Gasteiger partial charge in [-0.05, 0) is 48.4 Å². The lowest BCUT2D eigenvalue weighted by atomic mass is 9.91. The Labute approximate surface area is 194 Å².